The molecule has 2 aromatic carbocycles. The minimum Gasteiger partial charge on any atom is -0.481 e. The van der Waals surface area contributed by atoms with Gasteiger partial charge in [0.25, 0.3) is 0 Å². The Morgan fingerprint density at radius 2 is 1.52 bits per heavy atom. The molecule has 3 rings (SSSR count). The second-order valence-electron chi connectivity index (χ2n) is 9.79. The first-order chi connectivity index (χ1) is 15.5. The molecule has 0 saturated heterocycles. The van der Waals surface area contributed by atoms with E-state index < -0.39 is 30.4 Å². The molecule has 33 heavy (non-hydrogen) atoms. The number of carboxylic acids is 1. The lowest BCUT2D eigenvalue weighted by atomic mass is 9.88. The number of benzene rings is 2. The van der Waals surface area contributed by atoms with Crippen LogP contribution in [0.25, 0.3) is 11.1 Å². The summed E-state index contributed by atoms with van der Waals surface area (Å²) in [5.41, 5.74) is 4.36. The second kappa shape index (κ2) is 10.1. The molecule has 1 aliphatic rings. The minimum absolute atomic E-state index is 0.00475. The van der Waals surface area contributed by atoms with E-state index in [1.165, 1.54) is 0 Å². The van der Waals surface area contributed by atoms with Gasteiger partial charge in [-0.05, 0) is 41.0 Å². The number of carboxylic acid groups (broad SMARTS) is 1. The van der Waals surface area contributed by atoms with Gasteiger partial charge in [-0.2, -0.15) is 0 Å². The summed E-state index contributed by atoms with van der Waals surface area (Å²) >= 11 is 0. The summed E-state index contributed by atoms with van der Waals surface area (Å²) in [6, 6.07) is 14.6. The second-order valence-corrected chi connectivity index (χ2v) is 9.79. The maximum atomic E-state index is 12.7. The van der Waals surface area contributed by atoms with Crippen LogP contribution in [-0.4, -0.2) is 41.8 Å². The summed E-state index contributed by atoms with van der Waals surface area (Å²) in [4.78, 5) is 36.5. The third-order valence-corrected chi connectivity index (χ3v) is 5.64. The number of carbonyl (C=O) groups is 3. The van der Waals surface area contributed by atoms with Crippen LogP contribution < -0.4 is 10.6 Å². The Bertz CT molecular complexity index is 982. The van der Waals surface area contributed by atoms with Gasteiger partial charge in [-0.25, -0.2) is 4.79 Å². The number of nitrogens with one attached hydrogen (secondary N) is 2. The number of rotatable bonds is 8. The van der Waals surface area contributed by atoms with E-state index in [1.807, 2.05) is 55.5 Å². The van der Waals surface area contributed by atoms with E-state index in [0.29, 0.717) is 6.42 Å². The Morgan fingerprint density at radius 3 is 2.03 bits per heavy atom. The first kappa shape index (κ1) is 24.3. The average Bonchev–Trinajstić information content (AvgIpc) is 3.04. The molecule has 0 spiro atoms. The minimum atomic E-state index is -1.22. The van der Waals surface area contributed by atoms with E-state index in [-0.39, 0.29) is 24.0 Å². The van der Waals surface area contributed by atoms with Crippen molar-refractivity contribution < 1.29 is 24.2 Å². The van der Waals surface area contributed by atoms with Gasteiger partial charge in [-0.15, -0.1) is 0 Å². The SMILES string of the molecule is CC(CC(C)(C)C)NC(=O)C(CC(=O)O)NC(=O)OCC1c2ccccc2-c2ccccc21. The number of hydrogen-bond donors (Lipinski definition) is 3. The molecule has 0 radical (unpaired) electrons. The molecule has 7 nitrogen and oxygen atoms in total. The number of alkyl carbamates (subject to hydrolysis) is 1. The zero-order chi connectivity index (χ0) is 24.2. The molecule has 0 aliphatic heterocycles. The number of fused-ring (bicyclic) bond motifs is 3. The van der Waals surface area contributed by atoms with E-state index in [1.54, 1.807) is 0 Å². The molecular weight excluding hydrogens is 420 g/mol. The third kappa shape index (κ3) is 6.34. The number of ether oxygens (including phenoxy) is 1. The van der Waals surface area contributed by atoms with Crippen molar-refractivity contribution in [2.45, 2.75) is 58.5 Å². The Balaban J connectivity index is 1.64. The highest BCUT2D eigenvalue weighted by Gasteiger charge is 2.30. The number of hydrogen-bond acceptors (Lipinski definition) is 4. The van der Waals surface area contributed by atoms with Crippen molar-refractivity contribution in [1.29, 1.82) is 0 Å². The first-order valence-corrected chi connectivity index (χ1v) is 11.2. The van der Waals surface area contributed by atoms with Gasteiger partial charge < -0.3 is 20.5 Å². The van der Waals surface area contributed by atoms with Crippen molar-refractivity contribution in [3.05, 3.63) is 59.7 Å². The highest BCUT2D eigenvalue weighted by atomic mass is 16.5. The molecule has 2 aromatic rings. The van der Waals surface area contributed by atoms with Crippen molar-refractivity contribution in [3.63, 3.8) is 0 Å². The number of aliphatic carboxylic acids is 1. The monoisotopic (exact) mass is 452 g/mol. The Kier molecular flexibility index (Phi) is 7.41. The molecule has 176 valence electrons. The molecule has 1 aliphatic carbocycles. The molecule has 2 atom stereocenters. The standard InChI is InChI=1S/C26H32N2O5/c1-16(14-26(2,3)4)27-24(31)22(13-23(29)30)28-25(32)33-15-21-19-11-7-5-9-17(19)18-10-6-8-12-20(18)21/h5-12,16,21-22H,13-15H2,1-4H3,(H,27,31)(H,28,32)(H,29,30). The summed E-state index contributed by atoms with van der Waals surface area (Å²) in [6.45, 7) is 8.11. The normalized spacial score (nSPS) is 14.5. The quantitative estimate of drug-likeness (QED) is 0.554. The van der Waals surface area contributed by atoms with Gasteiger partial charge in [0.1, 0.15) is 12.6 Å². The molecule has 2 amide bonds. The lowest BCUT2D eigenvalue weighted by Gasteiger charge is -2.26. The average molecular weight is 453 g/mol. The van der Waals surface area contributed by atoms with Crippen LogP contribution in [0.15, 0.2) is 48.5 Å². The van der Waals surface area contributed by atoms with E-state index in [2.05, 4.69) is 31.4 Å². The molecule has 0 saturated carbocycles. The Morgan fingerprint density at radius 1 is 0.970 bits per heavy atom. The predicted molar refractivity (Wildman–Crippen MR) is 126 cm³/mol. The predicted octanol–water partition coefficient (Wildman–Crippen LogP) is 4.31. The lowest BCUT2D eigenvalue weighted by Crippen LogP contribution is -2.50. The third-order valence-electron chi connectivity index (χ3n) is 5.64. The van der Waals surface area contributed by atoms with Crippen LogP contribution >= 0.6 is 0 Å². The highest BCUT2D eigenvalue weighted by molar-refractivity contribution is 5.89. The van der Waals surface area contributed by atoms with Crippen LogP contribution in [-0.2, 0) is 14.3 Å². The smallest absolute Gasteiger partial charge is 0.407 e. The first-order valence-electron chi connectivity index (χ1n) is 11.2. The van der Waals surface area contributed by atoms with Gasteiger partial charge in [0.05, 0.1) is 6.42 Å². The maximum absolute atomic E-state index is 12.7. The summed E-state index contributed by atoms with van der Waals surface area (Å²) in [5.74, 6) is -1.85. The van der Waals surface area contributed by atoms with Gasteiger partial charge in [-0.3, -0.25) is 9.59 Å². The Labute approximate surface area is 194 Å². The highest BCUT2D eigenvalue weighted by Crippen LogP contribution is 2.44. The van der Waals surface area contributed by atoms with E-state index in [9.17, 15) is 19.5 Å². The molecule has 2 unspecified atom stereocenters. The van der Waals surface area contributed by atoms with E-state index in [0.717, 1.165) is 22.3 Å². The zero-order valence-corrected chi connectivity index (χ0v) is 19.6. The summed E-state index contributed by atoms with van der Waals surface area (Å²) in [7, 11) is 0. The summed E-state index contributed by atoms with van der Waals surface area (Å²) in [6.07, 6.45) is -0.636. The van der Waals surface area contributed by atoms with Crippen LogP contribution in [0.3, 0.4) is 0 Å². The van der Waals surface area contributed by atoms with Crippen LogP contribution in [0.1, 0.15) is 57.6 Å². The molecule has 0 bridgehead atoms. The topological polar surface area (TPSA) is 105 Å². The fourth-order valence-corrected chi connectivity index (χ4v) is 4.48. The molecule has 0 heterocycles. The van der Waals surface area contributed by atoms with Crippen molar-refractivity contribution in [3.8, 4) is 11.1 Å². The fourth-order valence-electron chi connectivity index (χ4n) is 4.48. The lowest BCUT2D eigenvalue weighted by molar-refractivity contribution is -0.140. The maximum Gasteiger partial charge on any atom is 0.407 e. The van der Waals surface area contributed by atoms with Gasteiger partial charge in [-0.1, -0.05) is 69.3 Å². The van der Waals surface area contributed by atoms with Crippen molar-refractivity contribution in [2.75, 3.05) is 6.61 Å². The van der Waals surface area contributed by atoms with Crippen LogP contribution in [0, 0.1) is 5.41 Å². The molecule has 0 aromatic heterocycles. The van der Waals surface area contributed by atoms with Crippen molar-refractivity contribution in [1.82, 2.24) is 10.6 Å². The molecule has 3 N–H and O–H groups in total. The Hall–Kier alpha value is -3.35. The summed E-state index contributed by atoms with van der Waals surface area (Å²) in [5, 5.41) is 14.4. The number of amides is 2. The van der Waals surface area contributed by atoms with E-state index in [4.69, 9.17) is 4.74 Å². The van der Waals surface area contributed by atoms with Gasteiger partial charge in [0, 0.05) is 12.0 Å². The zero-order valence-electron chi connectivity index (χ0n) is 19.6. The van der Waals surface area contributed by atoms with Crippen LogP contribution in [0.5, 0.6) is 0 Å². The van der Waals surface area contributed by atoms with Gasteiger partial charge >= 0.3 is 12.1 Å². The van der Waals surface area contributed by atoms with Gasteiger partial charge in [0.15, 0.2) is 0 Å². The van der Waals surface area contributed by atoms with Crippen molar-refractivity contribution >= 4 is 18.0 Å². The van der Waals surface area contributed by atoms with E-state index >= 15 is 0 Å². The largest absolute Gasteiger partial charge is 0.481 e. The number of carbonyl (C=O) groups excluding carboxylic acids is 2. The molecular formula is C26H32N2O5. The summed E-state index contributed by atoms with van der Waals surface area (Å²) < 4.78 is 5.46. The van der Waals surface area contributed by atoms with Gasteiger partial charge in [0.2, 0.25) is 5.91 Å². The molecule has 0 fully saturated rings. The van der Waals surface area contributed by atoms with Crippen LogP contribution in [0.2, 0.25) is 0 Å². The van der Waals surface area contributed by atoms with Crippen LogP contribution in [0.4, 0.5) is 4.79 Å². The fraction of sp³-hybridized carbons (Fsp3) is 0.423. The van der Waals surface area contributed by atoms with Crippen molar-refractivity contribution in [2.24, 2.45) is 5.41 Å². The molecule has 7 heteroatoms.